The Bertz CT molecular complexity index is 1030. The number of carbonyl (C=O) groups excluding carboxylic acids is 1. The molecule has 0 spiro atoms. The van der Waals surface area contributed by atoms with Crippen LogP contribution in [0.4, 0.5) is 8.78 Å². The number of imidazole rings is 1. The van der Waals surface area contributed by atoms with Gasteiger partial charge in [-0.2, -0.15) is 5.10 Å². The predicted molar refractivity (Wildman–Crippen MR) is 106 cm³/mol. The molecule has 4 rings (SSSR count). The molecule has 3 aromatic heterocycles. The molecule has 146 valence electrons. The number of rotatable bonds is 5. The Hall–Kier alpha value is -2.61. The molecule has 1 saturated carbocycles. The molecular formula is C20H20F2N4OS. The van der Waals surface area contributed by atoms with Gasteiger partial charge < -0.3 is 5.32 Å². The highest BCUT2D eigenvalue weighted by molar-refractivity contribution is 7.15. The van der Waals surface area contributed by atoms with E-state index in [1.807, 2.05) is 6.07 Å². The minimum Gasteiger partial charge on any atom is -0.351 e. The lowest BCUT2D eigenvalue weighted by molar-refractivity contribution is -0.0834. The number of alkyl halides is 2. The molecule has 1 atom stereocenters. The average molecular weight is 402 g/mol. The van der Waals surface area contributed by atoms with Gasteiger partial charge in [-0.1, -0.05) is 19.1 Å². The molecule has 28 heavy (non-hydrogen) atoms. The largest absolute Gasteiger partial charge is 0.351 e. The first kappa shape index (κ1) is 18.7. The van der Waals surface area contributed by atoms with E-state index < -0.39 is 11.8 Å². The van der Waals surface area contributed by atoms with Gasteiger partial charge in [0.1, 0.15) is 0 Å². The van der Waals surface area contributed by atoms with E-state index in [2.05, 4.69) is 22.0 Å². The first-order valence-electron chi connectivity index (χ1n) is 9.21. The Morgan fingerprint density at radius 2 is 2.32 bits per heavy atom. The van der Waals surface area contributed by atoms with Crippen LogP contribution in [0.2, 0.25) is 0 Å². The quantitative estimate of drug-likeness (QED) is 0.675. The van der Waals surface area contributed by atoms with Crippen LogP contribution in [0.1, 0.15) is 40.2 Å². The van der Waals surface area contributed by atoms with Gasteiger partial charge in [0.05, 0.1) is 16.8 Å². The lowest BCUT2D eigenvalue weighted by atomic mass is 9.85. The maximum atomic E-state index is 14.0. The molecule has 0 aromatic carbocycles. The molecule has 0 aliphatic heterocycles. The van der Waals surface area contributed by atoms with Gasteiger partial charge in [-0.3, -0.25) is 4.79 Å². The Kier molecular flexibility index (Phi) is 4.97. The summed E-state index contributed by atoms with van der Waals surface area (Å²) >= 11 is 1.27. The van der Waals surface area contributed by atoms with Gasteiger partial charge in [0.2, 0.25) is 0 Å². The Morgan fingerprint density at radius 1 is 1.46 bits per heavy atom. The third kappa shape index (κ3) is 3.44. The highest BCUT2D eigenvalue weighted by Gasteiger charge is 2.41. The zero-order valence-electron chi connectivity index (χ0n) is 15.2. The molecule has 1 aliphatic carbocycles. The summed E-state index contributed by atoms with van der Waals surface area (Å²) < 4.78 is 29.7. The third-order valence-electron chi connectivity index (χ3n) is 5.14. The zero-order valence-corrected chi connectivity index (χ0v) is 16.0. The van der Waals surface area contributed by atoms with E-state index in [0.717, 1.165) is 22.6 Å². The summed E-state index contributed by atoms with van der Waals surface area (Å²) in [5.74, 6) is -3.85. The van der Waals surface area contributed by atoms with E-state index in [-0.39, 0.29) is 18.9 Å². The molecule has 0 bridgehead atoms. The average Bonchev–Trinajstić information content (AvgIpc) is 3.30. The molecule has 5 nitrogen and oxygen atoms in total. The van der Waals surface area contributed by atoms with Crippen LogP contribution >= 0.6 is 11.3 Å². The normalized spacial score (nSPS) is 18.9. The standard InChI is InChI=1S/C20H20F2N4OS/c1-2-16-14(15-12-23-18-7-5-9-25-26(15)18)10-17(28-16)19(27)24-11-13-6-3-4-8-20(13,21)22/h2,5,7,9-10,12-13H,1,3-4,6,8,11H2,(H,24,27). The summed E-state index contributed by atoms with van der Waals surface area (Å²) in [6, 6.07) is 5.39. The molecule has 0 saturated heterocycles. The number of amides is 1. The van der Waals surface area contributed by atoms with Gasteiger partial charge in [-0.25, -0.2) is 18.3 Å². The van der Waals surface area contributed by atoms with Crippen LogP contribution in [0.15, 0.2) is 37.2 Å². The van der Waals surface area contributed by atoms with Gasteiger partial charge in [0.15, 0.2) is 5.65 Å². The van der Waals surface area contributed by atoms with E-state index in [4.69, 9.17) is 0 Å². The number of carbonyl (C=O) groups is 1. The van der Waals surface area contributed by atoms with Crippen LogP contribution in [0.25, 0.3) is 23.0 Å². The van der Waals surface area contributed by atoms with Gasteiger partial charge in [-0.15, -0.1) is 11.3 Å². The van der Waals surface area contributed by atoms with Crippen molar-refractivity contribution in [3.05, 3.63) is 46.9 Å². The van der Waals surface area contributed by atoms with Crippen LogP contribution in [0, 0.1) is 5.92 Å². The smallest absolute Gasteiger partial charge is 0.261 e. The Morgan fingerprint density at radius 3 is 3.11 bits per heavy atom. The second-order valence-corrected chi connectivity index (χ2v) is 8.03. The predicted octanol–water partition coefficient (Wildman–Crippen LogP) is 4.66. The van der Waals surface area contributed by atoms with Crippen molar-refractivity contribution in [3.8, 4) is 11.3 Å². The number of hydrogen-bond donors (Lipinski definition) is 1. The lowest BCUT2D eigenvalue weighted by Gasteiger charge is -2.31. The van der Waals surface area contributed by atoms with Crippen molar-refractivity contribution in [3.63, 3.8) is 0 Å². The van der Waals surface area contributed by atoms with Crippen LogP contribution in [-0.2, 0) is 0 Å². The van der Waals surface area contributed by atoms with Crippen LogP contribution < -0.4 is 5.32 Å². The fourth-order valence-electron chi connectivity index (χ4n) is 3.60. The summed E-state index contributed by atoms with van der Waals surface area (Å²) in [4.78, 5) is 18.2. The number of nitrogens with one attached hydrogen (secondary N) is 1. The molecule has 1 N–H and O–H groups in total. The van der Waals surface area contributed by atoms with Gasteiger partial charge in [-0.05, 0) is 31.0 Å². The minimum atomic E-state index is -2.71. The molecule has 1 aliphatic rings. The molecule has 1 amide bonds. The zero-order chi connectivity index (χ0) is 19.7. The number of fused-ring (bicyclic) bond motifs is 1. The van der Waals surface area contributed by atoms with Gasteiger partial charge in [0, 0.05) is 35.5 Å². The van der Waals surface area contributed by atoms with Crippen LogP contribution in [0.3, 0.4) is 0 Å². The fourth-order valence-corrected chi connectivity index (χ4v) is 4.54. The summed E-state index contributed by atoms with van der Waals surface area (Å²) in [6.45, 7) is 3.81. The van der Waals surface area contributed by atoms with E-state index in [0.29, 0.717) is 23.4 Å². The second-order valence-electron chi connectivity index (χ2n) is 6.94. The number of nitrogens with zero attached hydrogens (tertiary/aromatic N) is 3. The van der Waals surface area contributed by atoms with Gasteiger partial charge in [0.25, 0.3) is 11.8 Å². The van der Waals surface area contributed by atoms with E-state index in [1.54, 1.807) is 35.1 Å². The third-order valence-corrected chi connectivity index (χ3v) is 6.27. The van der Waals surface area contributed by atoms with E-state index >= 15 is 0 Å². The maximum Gasteiger partial charge on any atom is 0.261 e. The van der Waals surface area contributed by atoms with Crippen LogP contribution in [0.5, 0.6) is 0 Å². The number of hydrogen-bond acceptors (Lipinski definition) is 4. The molecular weight excluding hydrogens is 382 g/mol. The molecule has 8 heteroatoms. The monoisotopic (exact) mass is 402 g/mol. The first-order chi connectivity index (χ1) is 13.5. The number of thiophene rings is 1. The summed E-state index contributed by atoms with van der Waals surface area (Å²) in [5, 5.41) is 6.99. The van der Waals surface area contributed by atoms with Crippen molar-refractivity contribution in [2.75, 3.05) is 6.54 Å². The number of aromatic nitrogens is 3. The second kappa shape index (κ2) is 7.43. The summed E-state index contributed by atoms with van der Waals surface area (Å²) in [7, 11) is 0. The van der Waals surface area contributed by atoms with Crippen molar-refractivity contribution in [1.29, 1.82) is 0 Å². The van der Waals surface area contributed by atoms with Crippen LogP contribution in [-0.4, -0.2) is 33.0 Å². The first-order valence-corrected chi connectivity index (χ1v) is 10.0. The van der Waals surface area contributed by atoms with Crippen molar-refractivity contribution < 1.29 is 13.6 Å². The molecule has 0 radical (unpaired) electrons. The molecule has 3 aromatic rings. The van der Waals surface area contributed by atoms with E-state index in [9.17, 15) is 13.6 Å². The van der Waals surface area contributed by atoms with Crippen molar-refractivity contribution >= 4 is 29.0 Å². The number of halogens is 2. The highest BCUT2D eigenvalue weighted by Crippen LogP contribution is 2.38. The maximum absolute atomic E-state index is 14.0. The topological polar surface area (TPSA) is 59.3 Å². The van der Waals surface area contributed by atoms with Gasteiger partial charge >= 0.3 is 0 Å². The fraction of sp³-hybridized carbons (Fsp3) is 0.350. The molecule has 1 fully saturated rings. The van der Waals surface area contributed by atoms with E-state index in [1.165, 1.54) is 11.3 Å². The Balaban J connectivity index is 1.56. The van der Waals surface area contributed by atoms with Crippen molar-refractivity contribution in [2.45, 2.75) is 31.6 Å². The van der Waals surface area contributed by atoms with Crippen molar-refractivity contribution in [2.24, 2.45) is 5.92 Å². The lowest BCUT2D eigenvalue weighted by Crippen LogP contribution is -2.40. The highest BCUT2D eigenvalue weighted by atomic mass is 32.1. The SMILES string of the molecule is C=Cc1sc(C(=O)NCC2CCCCC2(F)F)cc1-c1cnc2cccnn12. The molecule has 3 heterocycles. The summed E-state index contributed by atoms with van der Waals surface area (Å²) in [6.07, 6.45) is 6.70. The molecule has 1 unspecified atom stereocenters. The minimum absolute atomic E-state index is 0.0142. The van der Waals surface area contributed by atoms with Crippen molar-refractivity contribution in [1.82, 2.24) is 19.9 Å². The Labute approximate surface area is 165 Å². The summed E-state index contributed by atoms with van der Waals surface area (Å²) in [5.41, 5.74) is 2.24.